The van der Waals surface area contributed by atoms with Crippen LogP contribution in [0.2, 0.25) is 0 Å². The van der Waals surface area contributed by atoms with E-state index in [9.17, 15) is 0 Å². The number of aromatic nitrogens is 6. The molecule has 0 amide bonds. The molecule has 46 heavy (non-hydrogen) atoms. The van der Waals surface area contributed by atoms with Gasteiger partial charge in [-0.15, -0.1) is 11.8 Å². The molecule has 0 unspecified atom stereocenters. The summed E-state index contributed by atoms with van der Waals surface area (Å²) >= 11 is 0. The van der Waals surface area contributed by atoms with Gasteiger partial charge in [0, 0.05) is 77.6 Å². The van der Waals surface area contributed by atoms with Crippen molar-refractivity contribution >= 4 is 17.1 Å². The van der Waals surface area contributed by atoms with Gasteiger partial charge in [0.05, 0.1) is 0 Å². The van der Waals surface area contributed by atoms with E-state index in [1.807, 2.05) is 30.4 Å². The first kappa shape index (κ1) is 36.2. The molecule has 0 saturated carbocycles. The molecule has 0 spiro atoms. The Balaban J connectivity index is 0.000000187. The maximum absolute atomic E-state index is 3.50. The van der Waals surface area contributed by atoms with Crippen LogP contribution in [0.3, 0.4) is 0 Å². The fraction of sp³-hybridized carbons (Fsp3) is 0.118. The van der Waals surface area contributed by atoms with E-state index in [1.54, 1.807) is 0 Å². The third-order valence-corrected chi connectivity index (χ3v) is 6.59. The normalized spacial score (nSPS) is 15.3. The summed E-state index contributed by atoms with van der Waals surface area (Å²) in [5.41, 5.74) is 7.24. The quantitative estimate of drug-likeness (QED) is 0.246. The molecule has 0 radical (unpaired) electrons. The van der Waals surface area contributed by atoms with Gasteiger partial charge in [0.1, 0.15) is 0 Å². The molecule has 4 aliphatic rings. The van der Waals surface area contributed by atoms with Crippen molar-refractivity contribution in [2.24, 2.45) is 0 Å². The number of benzene rings is 2. The Bertz CT molecular complexity index is 1550. The first-order chi connectivity index (χ1) is 21.7. The Labute approximate surface area is 299 Å². The van der Waals surface area contributed by atoms with E-state index in [-0.39, 0.29) is 42.1 Å². The van der Waals surface area contributed by atoms with E-state index in [0.29, 0.717) is 0 Å². The van der Waals surface area contributed by atoms with Crippen molar-refractivity contribution in [1.82, 2.24) is 40.2 Å². The average Bonchev–Trinajstić information content (AvgIpc) is 3.87. The van der Waals surface area contributed by atoms with Gasteiger partial charge < -0.3 is 39.8 Å². The molecule has 0 bridgehead atoms. The number of hydrogen-bond acceptors (Lipinski definition) is 8. The Morgan fingerprint density at radius 3 is 2.07 bits per heavy atom. The van der Waals surface area contributed by atoms with Crippen molar-refractivity contribution in [2.75, 3.05) is 23.9 Å². The molecule has 4 aromatic rings. The van der Waals surface area contributed by atoms with E-state index in [0.717, 1.165) is 18.5 Å². The van der Waals surface area contributed by atoms with Crippen molar-refractivity contribution in [2.45, 2.75) is 12.8 Å². The first-order valence-electron chi connectivity index (χ1n) is 14.0. The summed E-state index contributed by atoms with van der Waals surface area (Å²) in [6, 6.07) is 19.6. The minimum Gasteiger partial charge on any atom is -0.504 e. The summed E-state index contributed by atoms with van der Waals surface area (Å²) in [4.78, 5) is 15.7. The van der Waals surface area contributed by atoms with Crippen LogP contribution in [0.15, 0.2) is 140 Å². The van der Waals surface area contributed by atoms with Crippen molar-refractivity contribution in [1.29, 1.82) is 0 Å². The van der Waals surface area contributed by atoms with Gasteiger partial charge in [-0.2, -0.15) is 43.7 Å². The molecule has 244 valence electrons. The molecule has 2 aliphatic carbocycles. The second-order valence-corrected chi connectivity index (χ2v) is 9.55. The Kier molecular flexibility index (Phi) is 15.2. The maximum Gasteiger partial charge on any atom is 0.0335 e. The van der Waals surface area contributed by atoms with Crippen LogP contribution in [0.1, 0.15) is 12.8 Å². The summed E-state index contributed by atoms with van der Waals surface area (Å²) in [5.74, 6) is 0. The molecule has 0 N–H and O–H groups in total. The maximum atomic E-state index is 3.50. The number of hydrogen-bond donors (Lipinski definition) is 0. The third-order valence-electron chi connectivity index (χ3n) is 6.59. The number of para-hydroxylation sites is 3. The minimum absolute atomic E-state index is 0. The van der Waals surface area contributed by atoms with Gasteiger partial charge in [0.15, 0.2) is 0 Å². The number of rotatable bonds is 2. The van der Waals surface area contributed by atoms with E-state index >= 15 is 0 Å². The Morgan fingerprint density at radius 2 is 1.43 bits per heavy atom. The molecular formula is C34H32N10Pt2-6. The van der Waals surface area contributed by atoms with Crippen LogP contribution in [0, 0.1) is 25.5 Å². The molecule has 2 aromatic carbocycles. The van der Waals surface area contributed by atoms with Crippen molar-refractivity contribution < 1.29 is 42.1 Å². The summed E-state index contributed by atoms with van der Waals surface area (Å²) in [6.07, 6.45) is 27.7. The average molecular weight is 971 g/mol. The molecule has 8 rings (SSSR count). The van der Waals surface area contributed by atoms with Gasteiger partial charge in [0.2, 0.25) is 0 Å². The molecule has 0 fully saturated rings. The zero-order chi connectivity index (χ0) is 30.4. The Morgan fingerprint density at radius 1 is 0.761 bits per heavy atom. The topological polar surface area (TPSA) is 92.7 Å². The van der Waals surface area contributed by atoms with Crippen LogP contribution in [-0.4, -0.2) is 44.1 Å². The second-order valence-electron chi connectivity index (χ2n) is 9.55. The summed E-state index contributed by atoms with van der Waals surface area (Å²) < 4.78 is 0. The molecule has 10 nitrogen and oxygen atoms in total. The standard InChI is InChI=1S/C16H16N2.C14H12N2.2C2H2N3.2Pt/c1-17-13-18(14-9-5-2-3-6-10-14)16-12-8-4-7-11-15(16)17;1-15-11-16(12-7-3-2-4-8-12)14-10-6-5-9-13(14)15;2*1-3-2-5-4-1;;/h2-3,5,7-9,11-13H,4,10H2,1H3;2-7,9-11H,1H3;2*1-2H;;/q2*-2;2*-1;;. The van der Waals surface area contributed by atoms with E-state index in [1.165, 1.54) is 53.8 Å². The fourth-order valence-electron chi connectivity index (χ4n) is 4.60. The molecular weight excluding hydrogens is 939 g/mol. The largest absolute Gasteiger partial charge is 0.504 e. The predicted molar refractivity (Wildman–Crippen MR) is 171 cm³/mol. The molecule has 12 heteroatoms. The minimum atomic E-state index is 0. The van der Waals surface area contributed by atoms with Gasteiger partial charge in [-0.05, 0) is 50.5 Å². The molecule has 0 saturated heterocycles. The van der Waals surface area contributed by atoms with Crippen molar-refractivity contribution in [3.63, 3.8) is 0 Å². The van der Waals surface area contributed by atoms with Gasteiger partial charge in [-0.3, -0.25) is 16.3 Å². The van der Waals surface area contributed by atoms with E-state index in [2.05, 4.69) is 156 Å². The first-order valence-corrected chi connectivity index (χ1v) is 14.0. The third kappa shape index (κ3) is 9.87. The van der Waals surface area contributed by atoms with Gasteiger partial charge >= 0.3 is 0 Å². The predicted octanol–water partition coefficient (Wildman–Crippen LogP) is 5.34. The summed E-state index contributed by atoms with van der Waals surface area (Å²) in [7, 11) is 4.15. The number of anilines is 3. The second kappa shape index (κ2) is 19.3. The van der Waals surface area contributed by atoms with Crippen LogP contribution >= 0.6 is 0 Å². The molecule has 2 aliphatic heterocycles. The van der Waals surface area contributed by atoms with Gasteiger partial charge in [0.25, 0.3) is 0 Å². The number of fused-ring (bicyclic) bond motifs is 1. The van der Waals surface area contributed by atoms with E-state index < -0.39 is 0 Å². The van der Waals surface area contributed by atoms with Crippen LogP contribution in [0.25, 0.3) is 0 Å². The van der Waals surface area contributed by atoms with Crippen LogP contribution < -0.4 is 20.0 Å². The fourth-order valence-corrected chi connectivity index (χ4v) is 4.60. The molecule has 0 atom stereocenters. The number of allylic oxidation sites excluding steroid dienone is 9. The van der Waals surface area contributed by atoms with E-state index in [4.69, 9.17) is 0 Å². The van der Waals surface area contributed by atoms with Gasteiger partial charge in [-0.1, -0.05) is 49.4 Å². The number of likely N-dealkylation sites (N-methyl/N-ethyl adjacent to an activating group) is 1. The van der Waals surface area contributed by atoms with Crippen molar-refractivity contribution in [3.05, 3.63) is 165 Å². The summed E-state index contributed by atoms with van der Waals surface area (Å²) in [6.45, 7) is 4.22. The van der Waals surface area contributed by atoms with Crippen molar-refractivity contribution in [3.8, 4) is 0 Å². The molecule has 4 heterocycles. The monoisotopic (exact) mass is 970 g/mol. The Hall–Kier alpha value is -4.26. The molecule has 2 aromatic heterocycles. The van der Waals surface area contributed by atoms with Crippen LogP contribution in [0.4, 0.5) is 17.1 Å². The zero-order valence-corrected chi connectivity index (χ0v) is 29.8. The van der Waals surface area contributed by atoms with Crippen LogP contribution in [-0.2, 0) is 42.1 Å². The zero-order valence-electron chi connectivity index (χ0n) is 25.2. The van der Waals surface area contributed by atoms with Crippen LogP contribution in [0.5, 0.6) is 0 Å². The summed E-state index contributed by atoms with van der Waals surface area (Å²) in [5, 5.41) is 13.4. The SMILES string of the molecule is CN1[CH-]N(C2=CC=CC=[C-]C2)C2=C1C=CCC=C2.CN1[CH-]N(c2[c-]cccc2)c2ccccc21.[Pt].[Pt].c1nc[n-]n1.c1nc[n-]n1. The number of nitrogens with zero attached hydrogens (tertiary/aromatic N) is 10. The smallest absolute Gasteiger partial charge is 0.0335 e. The van der Waals surface area contributed by atoms with Gasteiger partial charge in [-0.25, -0.2) is 12.2 Å².